The van der Waals surface area contributed by atoms with Crippen LogP contribution in [-0.2, 0) is 11.3 Å². The summed E-state index contributed by atoms with van der Waals surface area (Å²) in [4.78, 5) is 17.0. The quantitative estimate of drug-likeness (QED) is 0.464. The Morgan fingerprint density at radius 3 is 2.59 bits per heavy atom. The summed E-state index contributed by atoms with van der Waals surface area (Å²) >= 11 is 18.1. The van der Waals surface area contributed by atoms with Crippen LogP contribution in [0.15, 0.2) is 41.5 Å². The molecule has 8 heteroatoms. The van der Waals surface area contributed by atoms with Crippen molar-refractivity contribution >= 4 is 58.0 Å². The molecule has 27 heavy (non-hydrogen) atoms. The number of nitrogens with one attached hydrogen (secondary N) is 1. The fourth-order valence-corrected chi connectivity index (χ4v) is 3.31. The maximum atomic E-state index is 12.4. The fraction of sp³-hybridized carbons (Fsp3) is 0.211. The molecule has 1 heterocycles. The topological polar surface area (TPSA) is 59.3 Å². The van der Waals surface area contributed by atoms with E-state index in [0.29, 0.717) is 21.0 Å². The predicted octanol–water partition coefficient (Wildman–Crippen LogP) is 5.02. The summed E-state index contributed by atoms with van der Waals surface area (Å²) in [5.41, 5.74) is 4.93. The molecule has 1 aliphatic carbocycles. The Kier molecular flexibility index (Phi) is 5.08. The van der Waals surface area contributed by atoms with Crippen LogP contribution < -0.4 is 5.43 Å². The number of rotatable bonds is 5. The zero-order valence-electron chi connectivity index (χ0n) is 14.1. The number of aromatic nitrogens is 2. The smallest absolute Gasteiger partial charge is 0.260 e. The molecule has 5 nitrogen and oxygen atoms in total. The van der Waals surface area contributed by atoms with Gasteiger partial charge in [-0.05, 0) is 42.7 Å². The molecule has 0 bridgehead atoms. The minimum absolute atomic E-state index is 0.109. The summed E-state index contributed by atoms with van der Waals surface area (Å²) in [6.45, 7) is 0.109. The molecular formula is C19H15Cl3N4O. The third-order valence-corrected chi connectivity index (χ3v) is 5.31. The molecule has 1 fully saturated rings. The maximum absolute atomic E-state index is 12.4. The predicted molar refractivity (Wildman–Crippen MR) is 109 cm³/mol. The minimum atomic E-state index is -0.243. The van der Waals surface area contributed by atoms with Crippen molar-refractivity contribution in [2.24, 2.45) is 5.10 Å². The molecule has 0 unspecified atom stereocenters. The van der Waals surface area contributed by atoms with Crippen molar-refractivity contribution in [3.63, 3.8) is 0 Å². The molecule has 1 N–H and O–H groups in total. The van der Waals surface area contributed by atoms with Crippen molar-refractivity contribution in [1.82, 2.24) is 15.0 Å². The Morgan fingerprint density at radius 1 is 1.19 bits per heavy atom. The molecule has 0 radical (unpaired) electrons. The van der Waals surface area contributed by atoms with E-state index in [0.717, 1.165) is 35.3 Å². The first-order valence-corrected chi connectivity index (χ1v) is 9.57. The number of hydrogen-bond donors (Lipinski definition) is 1. The van der Waals surface area contributed by atoms with Crippen molar-refractivity contribution < 1.29 is 4.79 Å². The summed E-state index contributed by atoms with van der Waals surface area (Å²) in [6.07, 6.45) is 3.71. The molecule has 3 aromatic rings. The van der Waals surface area contributed by atoms with Crippen LogP contribution in [0, 0.1) is 0 Å². The van der Waals surface area contributed by atoms with E-state index in [1.54, 1.807) is 30.5 Å². The number of hydrogen-bond acceptors (Lipinski definition) is 3. The van der Waals surface area contributed by atoms with E-state index >= 15 is 0 Å². The highest BCUT2D eigenvalue weighted by Gasteiger charge is 2.30. The monoisotopic (exact) mass is 420 g/mol. The van der Waals surface area contributed by atoms with E-state index in [1.807, 2.05) is 16.7 Å². The third-order valence-electron chi connectivity index (χ3n) is 4.34. The number of fused-ring (bicyclic) bond motifs is 1. The second kappa shape index (κ2) is 7.50. The van der Waals surface area contributed by atoms with Gasteiger partial charge in [-0.2, -0.15) is 5.10 Å². The first-order chi connectivity index (χ1) is 13.0. The zero-order chi connectivity index (χ0) is 19.0. The highest BCUT2D eigenvalue weighted by Crippen LogP contribution is 2.41. The molecule has 0 atom stereocenters. The Morgan fingerprint density at radius 2 is 1.89 bits per heavy atom. The van der Waals surface area contributed by atoms with E-state index < -0.39 is 0 Å². The number of imidazole rings is 1. The number of carbonyl (C=O) groups excluding carboxylic acids is 1. The Balaban J connectivity index is 1.53. The second-order valence-corrected chi connectivity index (χ2v) is 7.68. The van der Waals surface area contributed by atoms with Gasteiger partial charge in [-0.1, -0.05) is 46.9 Å². The van der Waals surface area contributed by atoms with Crippen LogP contribution in [0.25, 0.3) is 11.0 Å². The number of halogens is 3. The van der Waals surface area contributed by atoms with Gasteiger partial charge in [-0.3, -0.25) is 4.79 Å². The lowest BCUT2D eigenvalue weighted by molar-refractivity contribution is -0.121. The van der Waals surface area contributed by atoms with Crippen molar-refractivity contribution in [1.29, 1.82) is 0 Å². The lowest BCUT2D eigenvalue weighted by atomic mass is 10.2. The average molecular weight is 422 g/mol. The fourth-order valence-electron chi connectivity index (χ4n) is 2.86. The molecule has 138 valence electrons. The number of hydrazone groups is 1. The Hall–Kier alpha value is -2.08. The average Bonchev–Trinajstić information content (AvgIpc) is 3.43. The van der Waals surface area contributed by atoms with Crippen LogP contribution in [0.4, 0.5) is 0 Å². The van der Waals surface area contributed by atoms with Gasteiger partial charge >= 0.3 is 0 Å². The van der Waals surface area contributed by atoms with Gasteiger partial charge in [0.1, 0.15) is 12.4 Å². The van der Waals surface area contributed by atoms with Crippen molar-refractivity contribution in [3.05, 3.63) is 62.9 Å². The van der Waals surface area contributed by atoms with Gasteiger partial charge in [0.25, 0.3) is 5.91 Å². The molecule has 1 aromatic heterocycles. The Bertz CT molecular complexity index is 1040. The molecule has 2 aromatic carbocycles. The summed E-state index contributed by atoms with van der Waals surface area (Å²) in [5.74, 6) is 1.02. The van der Waals surface area contributed by atoms with Gasteiger partial charge in [0.15, 0.2) is 0 Å². The molecular weight excluding hydrogens is 407 g/mol. The lowest BCUT2D eigenvalue weighted by Crippen LogP contribution is -2.24. The highest BCUT2D eigenvalue weighted by molar-refractivity contribution is 6.42. The maximum Gasteiger partial charge on any atom is 0.260 e. The first kappa shape index (κ1) is 18.3. The largest absolute Gasteiger partial charge is 0.318 e. The van der Waals surface area contributed by atoms with Crippen LogP contribution in [0.3, 0.4) is 0 Å². The van der Waals surface area contributed by atoms with E-state index in [4.69, 9.17) is 34.8 Å². The summed E-state index contributed by atoms with van der Waals surface area (Å²) in [7, 11) is 0. The SMILES string of the molecule is O=C(Cn1c(C2CC2)nc2cc(Cl)c(Cl)cc21)N/N=C/c1ccc(Cl)cc1. The lowest BCUT2D eigenvalue weighted by Gasteiger charge is -2.08. The van der Waals surface area contributed by atoms with Crippen LogP contribution in [0.5, 0.6) is 0 Å². The number of nitrogens with zero attached hydrogens (tertiary/aromatic N) is 3. The highest BCUT2D eigenvalue weighted by atomic mass is 35.5. The van der Waals surface area contributed by atoms with Gasteiger partial charge in [-0.15, -0.1) is 0 Å². The van der Waals surface area contributed by atoms with Gasteiger partial charge in [0, 0.05) is 10.9 Å². The van der Waals surface area contributed by atoms with Gasteiger partial charge in [0.2, 0.25) is 0 Å². The van der Waals surface area contributed by atoms with E-state index in [9.17, 15) is 4.79 Å². The van der Waals surface area contributed by atoms with Crippen molar-refractivity contribution in [3.8, 4) is 0 Å². The summed E-state index contributed by atoms with van der Waals surface area (Å²) < 4.78 is 1.89. The van der Waals surface area contributed by atoms with Gasteiger partial charge < -0.3 is 4.57 Å². The zero-order valence-corrected chi connectivity index (χ0v) is 16.4. The molecule has 0 aliphatic heterocycles. The summed E-state index contributed by atoms with van der Waals surface area (Å²) in [5, 5.41) is 5.54. The van der Waals surface area contributed by atoms with Gasteiger partial charge in [-0.25, -0.2) is 10.4 Å². The van der Waals surface area contributed by atoms with E-state index in [1.165, 1.54) is 0 Å². The molecule has 0 saturated heterocycles. The molecule has 4 rings (SSSR count). The molecule has 1 saturated carbocycles. The molecule has 1 aliphatic rings. The van der Waals surface area contributed by atoms with E-state index in [2.05, 4.69) is 15.5 Å². The normalized spacial score (nSPS) is 14.2. The Labute approximate surface area is 170 Å². The van der Waals surface area contributed by atoms with Crippen molar-refractivity contribution in [2.75, 3.05) is 0 Å². The molecule has 1 amide bonds. The van der Waals surface area contributed by atoms with Crippen LogP contribution in [0.1, 0.15) is 30.1 Å². The molecule has 0 spiro atoms. The van der Waals surface area contributed by atoms with Crippen LogP contribution >= 0.6 is 34.8 Å². The van der Waals surface area contributed by atoms with Crippen LogP contribution in [-0.4, -0.2) is 21.7 Å². The second-order valence-electron chi connectivity index (χ2n) is 6.43. The minimum Gasteiger partial charge on any atom is -0.318 e. The van der Waals surface area contributed by atoms with Crippen molar-refractivity contribution in [2.45, 2.75) is 25.3 Å². The standard InChI is InChI=1S/C19H15Cl3N4O/c20-13-5-1-11(2-6-13)9-23-25-18(27)10-26-17-8-15(22)14(21)7-16(17)24-19(26)12-3-4-12/h1-2,5-9,12H,3-4,10H2,(H,25,27)/b23-9+. The van der Waals surface area contributed by atoms with E-state index in [-0.39, 0.29) is 12.5 Å². The number of carbonyl (C=O) groups is 1. The van der Waals surface area contributed by atoms with Gasteiger partial charge in [0.05, 0.1) is 27.3 Å². The number of amides is 1. The first-order valence-electron chi connectivity index (χ1n) is 8.44. The van der Waals surface area contributed by atoms with Crippen LogP contribution in [0.2, 0.25) is 15.1 Å². The summed E-state index contributed by atoms with van der Waals surface area (Å²) in [6, 6.07) is 10.6. The number of benzene rings is 2. The third kappa shape index (κ3) is 4.10.